The highest BCUT2D eigenvalue weighted by Gasteiger charge is 2.30. The van der Waals surface area contributed by atoms with Crippen LogP contribution in [0.4, 0.5) is 0 Å². The van der Waals surface area contributed by atoms with E-state index in [2.05, 4.69) is 32.2 Å². The number of fused-ring (bicyclic) bond motifs is 1. The topological polar surface area (TPSA) is 29.1 Å². The molecule has 3 rings (SSSR count). The van der Waals surface area contributed by atoms with Crippen molar-refractivity contribution in [3.05, 3.63) is 21.4 Å². The molecule has 2 nitrogen and oxygen atoms in total. The van der Waals surface area contributed by atoms with Crippen LogP contribution in [0.25, 0.3) is 0 Å². The van der Waals surface area contributed by atoms with Crippen molar-refractivity contribution in [3.8, 4) is 0 Å². The molecule has 2 atom stereocenters. The lowest BCUT2D eigenvalue weighted by Crippen LogP contribution is -2.41. The first-order valence-electron chi connectivity index (χ1n) is 9.41. The summed E-state index contributed by atoms with van der Waals surface area (Å²) in [6.07, 6.45) is 11.0. The van der Waals surface area contributed by atoms with E-state index >= 15 is 0 Å². The van der Waals surface area contributed by atoms with Gasteiger partial charge in [0.05, 0.1) is 4.88 Å². The van der Waals surface area contributed by atoms with Gasteiger partial charge in [-0.3, -0.25) is 4.79 Å². The Balaban J connectivity index is 1.68. The van der Waals surface area contributed by atoms with Crippen LogP contribution in [-0.4, -0.2) is 11.9 Å². The Bertz CT molecular complexity index is 558. The second-order valence-corrected chi connectivity index (χ2v) is 9.45. The predicted octanol–water partition coefficient (Wildman–Crippen LogP) is 5.35. The van der Waals surface area contributed by atoms with E-state index in [0.717, 1.165) is 24.1 Å². The van der Waals surface area contributed by atoms with Crippen LogP contribution in [0.5, 0.6) is 0 Å². The van der Waals surface area contributed by atoms with Gasteiger partial charge in [0.25, 0.3) is 5.91 Å². The maximum Gasteiger partial charge on any atom is 0.261 e. The molecule has 2 aliphatic carbocycles. The van der Waals surface area contributed by atoms with Crippen LogP contribution in [0.1, 0.15) is 85.8 Å². The van der Waals surface area contributed by atoms with Gasteiger partial charge in [0.15, 0.2) is 0 Å². The predicted molar refractivity (Wildman–Crippen MR) is 98.2 cm³/mol. The van der Waals surface area contributed by atoms with Crippen LogP contribution in [0, 0.1) is 11.3 Å². The molecule has 23 heavy (non-hydrogen) atoms. The third-order valence-electron chi connectivity index (χ3n) is 5.70. The molecule has 0 aromatic carbocycles. The molecule has 1 N–H and O–H groups in total. The summed E-state index contributed by atoms with van der Waals surface area (Å²) in [6.45, 7) is 6.93. The fourth-order valence-corrected chi connectivity index (χ4v) is 5.43. The molecule has 1 saturated carbocycles. The van der Waals surface area contributed by atoms with Crippen LogP contribution in [0.3, 0.4) is 0 Å². The van der Waals surface area contributed by atoms with Crippen molar-refractivity contribution in [1.29, 1.82) is 0 Å². The first-order chi connectivity index (χ1) is 11.0. The van der Waals surface area contributed by atoms with E-state index in [1.54, 1.807) is 11.3 Å². The number of nitrogens with one attached hydrogen (secondary N) is 1. The van der Waals surface area contributed by atoms with E-state index in [1.807, 2.05) is 0 Å². The third kappa shape index (κ3) is 3.99. The summed E-state index contributed by atoms with van der Waals surface area (Å²) in [6, 6.07) is 2.57. The zero-order valence-electron chi connectivity index (χ0n) is 14.9. The van der Waals surface area contributed by atoms with Gasteiger partial charge in [-0.25, -0.2) is 0 Å². The fraction of sp³-hybridized carbons (Fsp3) is 0.750. The average molecular weight is 334 g/mol. The SMILES string of the molecule is CCCC1CCCCC1NC(=O)c1cc2c(s1)CCC(C)(C)C2. The van der Waals surface area contributed by atoms with Gasteiger partial charge in [-0.2, -0.15) is 0 Å². The van der Waals surface area contributed by atoms with Crippen LogP contribution in [0.2, 0.25) is 0 Å². The first kappa shape index (κ1) is 17.0. The Morgan fingerprint density at radius 2 is 2.13 bits per heavy atom. The highest BCUT2D eigenvalue weighted by molar-refractivity contribution is 7.14. The third-order valence-corrected chi connectivity index (χ3v) is 6.94. The molecule has 0 aliphatic heterocycles. The molecule has 0 radical (unpaired) electrons. The van der Waals surface area contributed by atoms with E-state index in [1.165, 1.54) is 49.0 Å². The normalized spacial score (nSPS) is 26.6. The highest BCUT2D eigenvalue weighted by atomic mass is 32.1. The zero-order chi connectivity index (χ0) is 16.4. The van der Waals surface area contributed by atoms with Gasteiger partial charge in [-0.05, 0) is 61.5 Å². The molecule has 1 amide bonds. The molecule has 1 heterocycles. The summed E-state index contributed by atoms with van der Waals surface area (Å²) >= 11 is 1.74. The molecule has 0 spiro atoms. The van der Waals surface area contributed by atoms with Gasteiger partial charge >= 0.3 is 0 Å². The van der Waals surface area contributed by atoms with Crippen molar-refractivity contribution in [2.24, 2.45) is 11.3 Å². The number of hydrogen-bond acceptors (Lipinski definition) is 2. The minimum atomic E-state index is 0.176. The molecular formula is C20H31NOS. The number of hydrogen-bond donors (Lipinski definition) is 1. The lowest BCUT2D eigenvalue weighted by molar-refractivity contribution is 0.0907. The van der Waals surface area contributed by atoms with E-state index in [0.29, 0.717) is 17.4 Å². The Morgan fingerprint density at radius 1 is 1.35 bits per heavy atom. The quantitative estimate of drug-likeness (QED) is 0.790. The van der Waals surface area contributed by atoms with Gasteiger partial charge in [0.2, 0.25) is 0 Å². The van der Waals surface area contributed by atoms with E-state index < -0.39 is 0 Å². The molecule has 0 bridgehead atoms. The summed E-state index contributed by atoms with van der Waals surface area (Å²) in [5.41, 5.74) is 1.81. The fourth-order valence-electron chi connectivity index (χ4n) is 4.35. The number of amides is 1. The summed E-state index contributed by atoms with van der Waals surface area (Å²) in [7, 11) is 0. The van der Waals surface area contributed by atoms with Crippen molar-refractivity contribution in [2.75, 3.05) is 0 Å². The minimum absolute atomic E-state index is 0.176. The van der Waals surface area contributed by atoms with E-state index in [-0.39, 0.29) is 5.91 Å². The van der Waals surface area contributed by atoms with Crippen molar-refractivity contribution in [1.82, 2.24) is 5.32 Å². The van der Waals surface area contributed by atoms with Gasteiger partial charge in [-0.1, -0.05) is 40.0 Å². The highest BCUT2D eigenvalue weighted by Crippen LogP contribution is 2.38. The van der Waals surface area contributed by atoms with Gasteiger partial charge in [-0.15, -0.1) is 11.3 Å². The van der Waals surface area contributed by atoms with Gasteiger partial charge < -0.3 is 5.32 Å². The Hall–Kier alpha value is -0.830. The molecule has 2 unspecified atom stereocenters. The maximum absolute atomic E-state index is 12.7. The second-order valence-electron chi connectivity index (χ2n) is 8.31. The largest absolute Gasteiger partial charge is 0.348 e. The molecule has 1 aromatic rings. The van der Waals surface area contributed by atoms with E-state index in [4.69, 9.17) is 0 Å². The van der Waals surface area contributed by atoms with Crippen molar-refractivity contribution >= 4 is 17.2 Å². The van der Waals surface area contributed by atoms with Gasteiger partial charge in [0.1, 0.15) is 0 Å². The van der Waals surface area contributed by atoms with Crippen molar-refractivity contribution in [3.63, 3.8) is 0 Å². The molecule has 1 aromatic heterocycles. The second kappa shape index (κ2) is 6.96. The van der Waals surface area contributed by atoms with Crippen LogP contribution < -0.4 is 5.32 Å². The lowest BCUT2D eigenvalue weighted by Gasteiger charge is -2.32. The van der Waals surface area contributed by atoms with E-state index in [9.17, 15) is 4.79 Å². The number of aryl methyl sites for hydroxylation is 1. The average Bonchev–Trinajstić information content (AvgIpc) is 2.91. The summed E-state index contributed by atoms with van der Waals surface area (Å²) < 4.78 is 0. The smallest absolute Gasteiger partial charge is 0.261 e. The van der Waals surface area contributed by atoms with Crippen molar-refractivity contribution < 1.29 is 4.79 Å². The summed E-state index contributed by atoms with van der Waals surface area (Å²) in [4.78, 5) is 15.1. The molecule has 2 aliphatic rings. The Kier molecular flexibility index (Phi) is 5.15. The molecule has 0 saturated heterocycles. The monoisotopic (exact) mass is 333 g/mol. The van der Waals surface area contributed by atoms with Gasteiger partial charge in [0, 0.05) is 10.9 Å². The van der Waals surface area contributed by atoms with Crippen molar-refractivity contribution in [2.45, 2.75) is 84.6 Å². The lowest BCUT2D eigenvalue weighted by atomic mass is 9.77. The van der Waals surface area contributed by atoms with Crippen LogP contribution in [-0.2, 0) is 12.8 Å². The van der Waals surface area contributed by atoms with Crippen LogP contribution >= 0.6 is 11.3 Å². The summed E-state index contributed by atoms with van der Waals surface area (Å²) in [5.74, 6) is 0.862. The molecule has 128 valence electrons. The van der Waals surface area contributed by atoms with Crippen LogP contribution in [0.15, 0.2) is 6.07 Å². The Morgan fingerprint density at radius 3 is 2.91 bits per heavy atom. The number of thiophene rings is 1. The number of carbonyl (C=O) groups is 1. The number of carbonyl (C=O) groups excluding carboxylic acids is 1. The summed E-state index contributed by atoms with van der Waals surface area (Å²) in [5, 5.41) is 3.37. The Labute approximate surface area is 145 Å². The zero-order valence-corrected chi connectivity index (χ0v) is 15.7. The standard InChI is InChI=1S/C20H31NOS/c1-4-7-14-8-5-6-9-16(14)21-19(22)18-12-15-13-20(2,3)11-10-17(15)23-18/h12,14,16H,4-11,13H2,1-3H3,(H,21,22). The molecule has 3 heteroatoms. The minimum Gasteiger partial charge on any atom is -0.348 e. The number of rotatable bonds is 4. The molecular weight excluding hydrogens is 302 g/mol. The molecule has 1 fully saturated rings. The maximum atomic E-state index is 12.7. The first-order valence-corrected chi connectivity index (χ1v) is 10.2.